The van der Waals surface area contributed by atoms with Crippen molar-refractivity contribution in [2.24, 2.45) is 0 Å². The number of ether oxygens (including phenoxy) is 1. The van der Waals surface area contributed by atoms with E-state index in [-0.39, 0.29) is 18.5 Å². The molecule has 0 bridgehead atoms. The Morgan fingerprint density at radius 3 is 2.67 bits per heavy atom. The minimum Gasteiger partial charge on any atom is -0.495 e. The normalized spacial score (nSPS) is 10.6. The van der Waals surface area contributed by atoms with Gasteiger partial charge >= 0.3 is 0 Å². The molecule has 0 fully saturated rings. The van der Waals surface area contributed by atoms with E-state index in [4.69, 9.17) is 4.74 Å². The third kappa shape index (κ3) is 4.31. The average Bonchev–Trinajstić information content (AvgIpc) is 2.29. The second-order valence-electron chi connectivity index (χ2n) is 4.38. The number of methoxy groups -OCH3 is 1. The maximum atomic E-state index is 11.8. The molecule has 0 heterocycles. The molecule has 0 aromatic heterocycles. The van der Waals surface area contributed by atoms with Crippen LogP contribution in [0.3, 0.4) is 0 Å². The lowest BCUT2D eigenvalue weighted by Crippen LogP contribution is -2.32. The molecule has 4 nitrogen and oxygen atoms in total. The molecular weight excluding hydrogens is 296 g/mol. The van der Waals surface area contributed by atoms with E-state index in [0.717, 1.165) is 15.7 Å². The first-order chi connectivity index (χ1) is 8.43. The molecule has 0 aliphatic heterocycles. The van der Waals surface area contributed by atoms with Gasteiger partial charge in [0.25, 0.3) is 0 Å². The van der Waals surface area contributed by atoms with E-state index in [1.165, 1.54) is 0 Å². The zero-order chi connectivity index (χ0) is 13.7. The third-order valence-electron chi connectivity index (χ3n) is 2.42. The summed E-state index contributed by atoms with van der Waals surface area (Å²) in [4.78, 5) is 11.8. The number of carbonyl (C=O) groups excluding carboxylic acids is 1. The number of benzene rings is 1. The van der Waals surface area contributed by atoms with Crippen molar-refractivity contribution in [1.82, 2.24) is 5.32 Å². The maximum absolute atomic E-state index is 11.8. The monoisotopic (exact) mass is 314 g/mol. The van der Waals surface area contributed by atoms with E-state index in [1.807, 2.05) is 32.9 Å². The lowest BCUT2D eigenvalue weighted by Gasteiger charge is -2.14. The Kier molecular flexibility index (Phi) is 5.62. The number of anilines is 1. The van der Waals surface area contributed by atoms with Crippen molar-refractivity contribution in [1.29, 1.82) is 0 Å². The first-order valence-corrected chi connectivity index (χ1v) is 6.60. The smallest absolute Gasteiger partial charge is 0.238 e. The Balaban J connectivity index is 2.80. The van der Waals surface area contributed by atoms with Crippen molar-refractivity contribution in [3.63, 3.8) is 0 Å². The van der Waals surface area contributed by atoms with Gasteiger partial charge in [0, 0.05) is 10.5 Å². The summed E-state index contributed by atoms with van der Waals surface area (Å²) in [5, 5.41) is 5.94. The van der Waals surface area contributed by atoms with Crippen LogP contribution in [-0.4, -0.2) is 25.6 Å². The van der Waals surface area contributed by atoms with E-state index >= 15 is 0 Å². The molecule has 0 saturated carbocycles. The summed E-state index contributed by atoms with van der Waals surface area (Å²) in [6.07, 6.45) is 0. The Hall–Kier alpha value is -1.07. The summed E-state index contributed by atoms with van der Waals surface area (Å²) >= 11 is 3.40. The third-order valence-corrected chi connectivity index (χ3v) is 2.88. The quantitative estimate of drug-likeness (QED) is 0.878. The fourth-order valence-electron chi connectivity index (χ4n) is 1.51. The SMILES string of the molecule is COc1cc(Br)cc(C)c1NC(=O)CNC(C)C. The number of carbonyl (C=O) groups is 1. The largest absolute Gasteiger partial charge is 0.495 e. The molecule has 1 amide bonds. The predicted molar refractivity (Wildman–Crippen MR) is 77.2 cm³/mol. The molecule has 0 saturated heterocycles. The molecular formula is C13H19BrN2O2. The lowest BCUT2D eigenvalue weighted by atomic mass is 10.2. The van der Waals surface area contributed by atoms with Gasteiger partial charge in [-0.15, -0.1) is 0 Å². The minimum atomic E-state index is -0.0765. The number of nitrogens with one attached hydrogen (secondary N) is 2. The summed E-state index contributed by atoms with van der Waals surface area (Å²) in [5.74, 6) is 0.576. The molecule has 0 radical (unpaired) electrons. The summed E-state index contributed by atoms with van der Waals surface area (Å²) in [7, 11) is 1.59. The molecule has 0 unspecified atom stereocenters. The average molecular weight is 315 g/mol. The van der Waals surface area contributed by atoms with Gasteiger partial charge in [0.05, 0.1) is 19.3 Å². The zero-order valence-electron chi connectivity index (χ0n) is 11.1. The lowest BCUT2D eigenvalue weighted by molar-refractivity contribution is -0.115. The Bertz CT molecular complexity index is 433. The van der Waals surface area contributed by atoms with E-state index in [0.29, 0.717) is 5.75 Å². The molecule has 100 valence electrons. The second kappa shape index (κ2) is 6.75. The van der Waals surface area contributed by atoms with Crippen molar-refractivity contribution in [3.05, 3.63) is 22.2 Å². The molecule has 0 aliphatic carbocycles. The number of rotatable bonds is 5. The van der Waals surface area contributed by atoms with Crippen molar-refractivity contribution in [2.45, 2.75) is 26.8 Å². The zero-order valence-corrected chi connectivity index (χ0v) is 12.7. The highest BCUT2D eigenvalue weighted by Crippen LogP contribution is 2.31. The van der Waals surface area contributed by atoms with Gasteiger partial charge in [-0.25, -0.2) is 0 Å². The van der Waals surface area contributed by atoms with Gasteiger partial charge in [0.15, 0.2) is 0 Å². The van der Waals surface area contributed by atoms with Gasteiger partial charge in [-0.3, -0.25) is 4.79 Å². The minimum absolute atomic E-state index is 0.0765. The molecule has 0 spiro atoms. The van der Waals surface area contributed by atoms with Crippen molar-refractivity contribution >= 4 is 27.5 Å². The fraction of sp³-hybridized carbons (Fsp3) is 0.462. The van der Waals surface area contributed by atoms with E-state index < -0.39 is 0 Å². The second-order valence-corrected chi connectivity index (χ2v) is 5.30. The van der Waals surface area contributed by atoms with Crippen LogP contribution < -0.4 is 15.4 Å². The van der Waals surface area contributed by atoms with Crippen LogP contribution in [0, 0.1) is 6.92 Å². The molecule has 2 N–H and O–H groups in total. The molecule has 18 heavy (non-hydrogen) atoms. The standard InChI is InChI=1S/C13H19BrN2O2/c1-8(2)15-7-12(17)16-13-9(3)5-10(14)6-11(13)18-4/h5-6,8,15H,7H2,1-4H3,(H,16,17). The van der Waals surface area contributed by atoms with Crippen LogP contribution in [0.25, 0.3) is 0 Å². The molecule has 1 aromatic carbocycles. The summed E-state index contributed by atoms with van der Waals surface area (Å²) in [6.45, 7) is 6.21. The molecule has 1 aromatic rings. The Labute approximate surface area is 116 Å². The number of amides is 1. The van der Waals surface area contributed by atoms with Crippen LogP contribution >= 0.6 is 15.9 Å². The first kappa shape index (κ1) is 15.0. The maximum Gasteiger partial charge on any atom is 0.238 e. The number of hydrogen-bond donors (Lipinski definition) is 2. The summed E-state index contributed by atoms with van der Waals surface area (Å²) in [5.41, 5.74) is 1.68. The van der Waals surface area contributed by atoms with Crippen LogP contribution in [0.15, 0.2) is 16.6 Å². The molecule has 0 aliphatic rings. The van der Waals surface area contributed by atoms with Crippen LogP contribution in [0.4, 0.5) is 5.69 Å². The predicted octanol–water partition coefficient (Wildman–Crippen LogP) is 2.70. The van der Waals surface area contributed by atoms with Gasteiger partial charge < -0.3 is 15.4 Å². The van der Waals surface area contributed by atoms with Gasteiger partial charge in [0.2, 0.25) is 5.91 Å². The summed E-state index contributed by atoms with van der Waals surface area (Å²) in [6, 6.07) is 4.05. The van der Waals surface area contributed by atoms with Crippen molar-refractivity contribution in [2.75, 3.05) is 19.0 Å². The van der Waals surface area contributed by atoms with Gasteiger partial charge in [-0.2, -0.15) is 0 Å². The molecule has 5 heteroatoms. The Morgan fingerprint density at radius 1 is 1.44 bits per heavy atom. The number of hydrogen-bond acceptors (Lipinski definition) is 3. The van der Waals surface area contributed by atoms with Crippen molar-refractivity contribution in [3.8, 4) is 5.75 Å². The first-order valence-electron chi connectivity index (χ1n) is 5.81. The fourth-order valence-corrected chi connectivity index (χ4v) is 2.07. The van der Waals surface area contributed by atoms with E-state index in [2.05, 4.69) is 26.6 Å². The van der Waals surface area contributed by atoms with Gasteiger partial charge in [-0.05, 0) is 24.6 Å². The number of aryl methyl sites for hydroxylation is 1. The summed E-state index contributed by atoms with van der Waals surface area (Å²) < 4.78 is 6.19. The number of halogens is 1. The van der Waals surface area contributed by atoms with Crippen LogP contribution in [0.2, 0.25) is 0 Å². The van der Waals surface area contributed by atoms with Crippen LogP contribution in [-0.2, 0) is 4.79 Å². The highest BCUT2D eigenvalue weighted by Gasteiger charge is 2.11. The van der Waals surface area contributed by atoms with Gasteiger partial charge in [0.1, 0.15) is 5.75 Å². The highest BCUT2D eigenvalue weighted by atomic mass is 79.9. The van der Waals surface area contributed by atoms with Gasteiger partial charge in [-0.1, -0.05) is 29.8 Å². The van der Waals surface area contributed by atoms with E-state index in [1.54, 1.807) is 7.11 Å². The van der Waals surface area contributed by atoms with E-state index in [9.17, 15) is 4.79 Å². The molecule has 0 atom stereocenters. The molecule has 1 rings (SSSR count). The Morgan fingerprint density at radius 2 is 2.11 bits per heavy atom. The highest BCUT2D eigenvalue weighted by molar-refractivity contribution is 9.10. The topological polar surface area (TPSA) is 50.4 Å². The van der Waals surface area contributed by atoms with Crippen LogP contribution in [0.5, 0.6) is 5.75 Å². The van der Waals surface area contributed by atoms with Crippen molar-refractivity contribution < 1.29 is 9.53 Å². The van der Waals surface area contributed by atoms with Crippen LogP contribution in [0.1, 0.15) is 19.4 Å².